The Bertz CT molecular complexity index is 824. The van der Waals surface area contributed by atoms with Crippen LogP contribution in [0.4, 0.5) is 4.39 Å². The molecule has 0 spiro atoms. The number of nitrogens with zero attached hydrogens (tertiary/aromatic N) is 2. The molecule has 4 heteroatoms. The third-order valence-electron chi connectivity index (χ3n) is 2.86. The van der Waals surface area contributed by atoms with Gasteiger partial charge < -0.3 is 0 Å². The van der Waals surface area contributed by atoms with E-state index in [4.69, 9.17) is 0 Å². The zero-order chi connectivity index (χ0) is 13.9. The van der Waals surface area contributed by atoms with Crippen LogP contribution in [0.3, 0.4) is 0 Å². The number of rotatable bonds is 2. The van der Waals surface area contributed by atoms with E-state index in [1.165, 1.54) is 23.9 Å². The van der Waals surface area contributed by atoms with Crippen LogP contribution in [0.5, 0.6) is 0 Å². The molecule has 0 aliphatic heterocycles. The smallest absolute Gasteiger partial charge is 0.124 e. The first kappa shape index (κ1) is 12.6. The molecule has 0 fully saturated rings. The first-order chi connectivity index (χ1) is 9.78. The van der Waals surface area contributed by atoms with Crippen molar-refractivity contribution in [2.75, 3.05) is 0 Å². The van der Waals surface area contributed by atoms with Crippen LogP contribution >= 0.6 is 11.8 Å². The van der Waals surface area contributed by atoms with Gasteiger partial charge >= 0.3 is 0 Å². The molecule has 1 heterocycles. The first-order valence-corrected chi connectivity index (χ1v) is 6.81. The third kappa shape index (κ3) is 2.36. The molecule has 0 unspecified atom stereocenters. The van der Waals surface area contributed by atoms with E-state index in [2.05, 4.69) is 11.1 Å². The second-order valence-corrected chi connectivity index (χ2v) is 5.27. The number of hydrogen-bond acceptors (Lipinski definition) is 3. The van der Waals surface area contributed by atoms with Crippen LogP contribution in [0.15, 0.2) is 64.5 Å². The summed E-state index contributed by atoms with van der Waals surface area (Å²) in [6.45, 7) is 0. The minimum absolute atomic E-state index is 0.285. The number of pyridine rings is 1. The van der Waals surface area contributed by atoms with E-state index in [0.717, 1.165) is 20.7 Å². The highest BCUT2D eigenvalue weighted by Crippen LogP contribution is 2.35. The minimum atomic E-state index is -0.285. The molecule has 0 saturated carbocycles. The molecular formula is C16H9FN2S. The largest absolute Gasteiger partial charge is 0.255 e. The highest BCUT2D eigenvalue weighted by molar-refractivity contribution is 7.99. The van der Waals surface area contributed by atoms with Gasteiger partial charge in [-0.05, 0) is 24.3 Å². The average molecular weight is 280 g/mol. The molecule has 20 heavy (non-hydrogen) atoms. The van der Waals surface area contributed by atoms with Gasteiger partial charge in [0.1, 0.15) is 11.9 Å². The Hall–Kier alpha value is -2.38. The Labute approximate surface area is 119 Å². The Morgan fingerprint density at radius 3 is 2.75 bits per heavy atom. The SMILES string of the molecule is N#Cc1cnc2ccccc2c1Sc1cccc(F)c1. The van der Waals surface area contributed by atoms with E-state index >= 15 is 0 Å². The van der Waals surface area contributed by atoms with Crippen molar-refractivity contribution in [3.63, 3.8) is 0 Å². The molecule has 0 radical (unpaired) electrons. The maximum Gasteiger partial charge on any atom is 0.124 e. The molecule has 2 aromatic carbocycles. The van der Waals surface area contributed by atoms with Gasteiger partial charge in [0.15, 0.2) is 0 Å². The highest BCUT2D eigenvalue weighted by atomic mass is 32.2. The van der Waals surface area contributed by atoms with Crippen LogP contribution in [0.2, 0.25) is 0 Å². The van der Waals surface area contributed by atoms with Gasteiger partial charge in [0.2, 0.25) is 0 Å². The molecular weight excluding hydrogens is 271 g/mol. The maximum absolute atomic E-state index is 13.3. The third-order valence-corrected chi connectivity index (χ3v) is 4.00. The monoisotopic (exact) mass is 280 g/mol. The van der Waals surface area contributed by atoms with Gasteiger partial charge in [-0.3, -0.25) is 4.98 Å². The number of halogens is 1. The van der Waals surface area contributed by atoms with Crippen LogP contribution in [0.25, 0.3) is 10.9 Å². The van der Waals surface area contributed by atoms with Crippen molar-refractivity contribution in [1.82, 2.24) is 4.98 Å². The molecule has 1 aromatic heterocycles. The summed E-state index contributed by atoms with van der Waals surface area (Å²) in [4.78, 5) is 5.83. The van der Waals surface area contributed by atoms with Gasteiger partial charge in [-0.2, -0.15) is 5.26 Å². The number of para-hydroxylation sites is 1. The van der Waals surface area contributed by atoms with Crippen molar-refractivity contribution >= 4 is 22.7 Å². The maximum atomic E-state index is 13.3. The average Bonchev–Trinajstić information content (AvgIpc) is 2.48. The lowest BCUT2D eigenvalue weighted by Gasteiger charge is -2.08. The second kappa shape index (κ2) is 5.32. The molecule has 0 amide bonds. The number of nitriles is 1. The molecule has 0 saturated heterocycles. The Morgan fingerprint density at radius 1 is 1.10 bits per heavy atom. The summed E-state index contributed by atoms with van der Waals surface area (Å²) in [5, 5.41) is 10.1. The van der Waals surface area contributed by atoms with E-state index in [9.17, 15) is 9.65 Å². The quantitative estimate of drug-likeness (QED) is 0.698. The van der Waals surface area contributed by atoms with Crippen LogP contribution in [-0.2, 0) is 0 Å². The molecule has 96 valence electrons. The first-order valence-electron chi connectivity index (χ1n) is 5.99. The van der Waals surface area contributed by atoms with Crippen LogP contribution < -0.4 is 0 Å². The summed E-state index contributed by atoms with van der Waals surface area (Å²) in [6.07, 6.45) is 1.56. The van der Waals surface area contributed by atoms with Crippen molar-refractivity contribution in [2.45, 2.75) is 9.79 Å². The zero-order valence-electron chi connectivity index (χ0n) is 10.4. The Balaban J connectivity index is 2.17. The van der Waals surface area contributed by atoms with Gasteiger partial charge in [-0.25, -0.2) is 4.39 Å². The van der Waals surface area contributed by atoms with Crippen molar-refractivity contribution < 1.29 is 4.39 Å². The molecule has 3 aromatic rings. The topological polar surface area (TPSA) is 36.7 Å². The lowest BCUT2D eigenvalue weighted by atomic mass is 10.2. The summed E-state index contributed by atoms with van der Waals surface area (Å²) < 4.78 is 13.3. The number of aromatic nitrogens is 1. The van der Waals surface area contributed by atoms with Crippen LogP contribution in [0, 0.1) is 17.1 Å². The van der Waals surface area contributed by atoms with Crippen molar-refractivity contribution in [1.29, 1.82) is 5.26 Å². The zero-order valence-corrected chi connectivity index (χ0v) is 11.2. The number of benzene rings is 2. The van der Waals surface area contributed by atoms with E-state index in [1.807, 2.05) is 30.3 Å². The van der Waals surface area contributed by atoms with Crippen molar-refractivity contribution in [3.05, 3.63) is 66.1 Å². The molecule has 2 nitrogen and oxygen atoms in total. The number of fused-ring (bicyclic) bond motifs is 1. The summed E-state index contributed by atoms with van der Waals surface area (Å²) in [6, 6.07) is 16.1. The molecule has 0 aliphatic carbocycles. The fourth-order valence-electron chi connectivity index (χ4n) is 1.95. The number of hydrogen-bond donors (Lipinski definition) is 0. The van der Waals surface area contributed by atoms with Gasteiger partial charge in [-0.1, -0.05) is 36.0 Å². The van der Waals surface area contributed by atoms with Gasteiger partial charge in [-0.15, -0.1) is 0 Å². The van der Waals surface area contributed by atoms with Crippen LogP contribution in [0.1, 0.15) is 5.56 Å². The van der Waals surface area contributed by atoms with Crippen LogP contribution in [-0.4, -0.2) is 4.98 Å². The van der Waals surface area contributed by atoms with Gasteiger partial charge in [0.25, 0.3) is 0 Å². The molecule has 0 atom stereocenters. The molecule has 0 bridgehead atoms. The Kier molecular flexibility index (Phi) is 3.36. The Morgan fingerprint density at radius 2 is 1.95 bits per heavy atom. The predicted molar refractivity (Wildman–Crippen MR) is 77.0 cm³/mol. The highest BCUT2D eigenvalue weighted by Gasteiger charge is 2.10. The molecule has 0 N–H and O–H groups in total. The van der Waals surface area contributed by atoms with E-state index < -0.39 is 0 Å². The minimum Gasteiger partial charge on any atom is -0.255 e. The lowest BCUT2D eigenvalue weighted by molar-refractivity contribution is 0.624. The van der Waals surface area contributed by atoms with Gasteiger partial charge in [0.05, 0.1) is 11.1 Å². The van der Waals surface area contributed by atoms with Crippen molar-refractivity contribution in [3.8, 4) is 6.07 Å². The normalized spacial score (nSPS) is 10.4. The standard InChI is InChI=1S/C16H9FN2S/c17-12-4-3-5-13(8-12)20-16-11(9-18)10-19-15-7-2-1-6-14(15)16/h1-8,10H. The lowest BCUT2D eigenvalue weighted by Crippen LogP contribution is -1.88. The fraction of sp³-hybridized carbons (Fsp3) is 0. The fourth-order valence-corrected chi connectivity index (χ4v) is 3.00. The molecule has 3 rings (SSSR count). The van der Waals surface area contributed by atoms with E-state index in [-0.39, 0.29) is 5.82 Å². The van der Waals surface area contributed by atoms with Crippen molar-refractivity contribution in [2.24, 2.45) is 0 Å². The summed E-state index contributed by atoms with van der Waals surface area (Å²) in [5.74, 6) is -0.285. The summed E-state index contributed by atoms with van der Waals surface area (Å²) in [5.41, 5.74) is 1.32. The molecule has 0 aliphatic rings. The summed E-state index contributed by atoms with van der Waals surface area (Å²) >= 11 is 1.38. The van der Waals surface area contributed by atoms with E-state index in [1.54, 1.807) is 12.3 Å². The van der Waals surface area contributed by atoms with Gasteiger partial charge in [0, 0.05) is 21.4 Å². The summed E-state index contributed by atoms with van der Waals surface area (Å²) in [7, 11) is 0. The second-order valence-electron chi connectivity index (χ2n) is 4.19. The van der Waals surface area contributed by atoms with E-state index in [0.29, 0.717) is 5.56 Å². The predicted octanol–water partition coefficient (Wildman–Crippen LogP) is 4.40.